The van der Waals surface area contributed by atoms with Crippen LogP contribution in [-0.4, -0.2) is 24.4 Å². The smallest absolute Gasteiger partial charge is 0.244 e. The van der Waals surface area contributed by atoms with Crippen molar-refractivity contribution in [2.24, 2.45) is 0 Å². The molecule has 0 aromatic rings. The fraction of sp³-hybridized carbons (Fsp3) is 0.600. The third kappa shape index (κ3) is 0.872. The Kier molecular flexibility index (Phi) is 1.38. The lowest BCUT2D eigenvalue weighted by Gasteiger charge is -2.33. The Bertz CT molecular complexity index is 146. The second-order valence-corrected chi connectivity index (χ2v) is 2.06. The van der Waals surface area contributed by atoms with E-state index in [1.54, 1.807) is 0 Å². The van der Waals surface area contributed by atoms with Crippen molar-refractivity contribution in [1.29, 1.82) is 0 Å². The van der Waals surface area contributed by atoms with Crippen LogP contribution in [0, 0.1) is 0 Å². The summed E-state index contributed by atoms with van der Waals surface area (Å²) in [7, 11) is 0. The van der Waals surface area contributed by atoms with Gasteiger partial charge in [-0.05, 0) is 6.92 Å². The lowest BCUT2D eigenvalue weighted by Crippen LogP contribution is -2.66. The number of rotatable bonds is 2. The molecular weight excluding hydrogens is 120 g/mol. The van der Waals surface area contributed by atoms with Gasteiger partial charge in [0.2, 0.25) is 12.3 Å². The fourth-order valence-electron chi connectivity index (χ4n) is 0.822. The zero-order valence-corrected chi connectivity index (χ0v) is 5.05. The number of β-lactam (4-membered cyclic amide) rings is 1. The second kappa shape index (κ2) is 2.05. The van der Waals surface area contributed by atoms with E-state index in [0.717, 1.165) is 0 Å². The van der Waals surface area contributed by atoms with Crippen molar-refractivity contribution in [2.45, 2.75) is 19.0 Å². The first-order valence-electron chi connectivity index (χ1n) is 2.76. The first kappa shape index (κ1) is 6.07. The molecule has 1 aliphatic rings. The molecule has 1 fully saturated rings. The lowest BCUT2D eigenvalue weighted by atomic mass is 10.0. The van der Waals surface area contributed by atoms with Crippen molar-refractivity contribution in [3.05, 3.63) is 0 Å². The number of amides is 2. The molecule has 1 aliphatic heterocycles. The Labute approximate surface area is 52.6 Å². The van der Waals surface area contributed by atoms with E-state index in [9.17, 15) is 9.59 Å². The van der Waals surface area contributed by atoms with Gasteiger partial charge in [-0.2, -0.15) is 0 Å². The molecule has 0 bridgehead atoms. The maximum Gasteiger partial charge on any atom is 0.244 e. The zero-order valence-electron chi connectivity index (χ0n) is 5.05. The normalized spacial score (nSPS) is 32.3. The number of hydrogen-bond donors (Lipinski definition) is 2. The van der Waals surface area contributed by atoms with E-state index in [1.165, 1.54) is 0 Å². The van der Waals surface area contributed by atoms with E-state index in [2.05, 4.69) is 10.6 Å². The van der Waals surface area contributed by atoms with Crippen LogP contribution in [-0.2, 0) is 9.59 Å². The molecule has 9 heavy (non-hydrogen) atoms. The molecule has 2 atom stereocenters. The summed E-state index contributed by atoms with van der Waals surface area (Å²) in [4.78, 5) is 20.3. The first-order chi connectivity index (χ1) is 4.25. The van der Waals surface area contributed by atoms with Gasteiger partial charge in [0.25, 0.3) is 0 Å². The van der Waals surface area contributed by atoms with E-state index in [1.807, 2.05) is 6.92 Å². The van der Waals surface area contributed by atoms with E-state index in [0.29, 0.717) is 6.41 Å². The van der Waals surface area contributed by atoms with Crippen LogP contribution in [0.2, 0.25) is 0 Å². The summed E-state index contributed by atoms with van der Waals surface area (Å²) < 4.78 is 0. The summed E-state index contributed by atoms with van der Waals surface area (Å²) in [5.41, 5.74) is 0. The van der Waals surface area contributed by atoms with Crippen LogP contribution in [0.15, 0.2) is 0 Å². The van der Waals surface area contributed by atoms with Gasteiger partial charge < -0.3 is 10.6 Å². The van der Waals surface area contributed by atoms with Gasteiger partial charge in [0.05, 0.1) is 6.04 Å². The topological polar surface area (TPSA) is 58.2 Å². The average Bonchev–Trinajstić information content (AvgIpc) is 1.84. The van der Waals surface area contributed by atoms with Gasteiger partial charge >= 0.3 is 0 Å². The molecule has 0 aliphatic carbocycles. The van der Waals surface area contributed by atoms with Gasteiger partial charge in [-0.25, -0.2) is 0 Å². The van der Waals surface area contributed by atoms with E-state index < -0.39 is 0 Å². The highest BCUT2D eigenvalue weighted by molar-refractivity contribution is 5.90. The summed E-state index contributed by atoms with van der Waals surface area (Å²) >= 11 is 0. The Balaban J connectivity index is 2.39. The molecule has 0 spiro atoms. The molecule has 50 valence electrons. The van der Waals surface area contributed by atoms with Crippen LogP contribution in [0.5, 0.6) is 0 Å². The molecule has 1 rings (SSSR count). The number of hydrogen-bond acceptors (Lipinski definition) is 2. The van der Waals surface area contributed by atoms with Crippen LogP contribution in [0.4, 0.5) is 0 Å². The third-order valence-electron chi connectivity index (χ3n) is 1.40. The van der Waals surface area contributed by atoms with Crippen LogP contribution in [0.3, 0.4) is 0 Å². The summed E-state index contributed by atoms with van der Waals surface area (Å²) in [5.74, 6) is -0.102. The van der Waals surface area contributed by atoms with E-state index >= 15 is 0 Å². The summed E-state index contributed by atoms with van der Waals surface area (Å²) in [6.07, 6.45) is 0.542. The molecule has 0 aromatic heterocycles. The molecule has 1 saturated heterocycles. The van der Waals surface area contributed by atoms with Crippen molar-refractivity contribution in [2.75, 3.05) is 0 Å². The summed E-state index contributed by atoms with van der Waals surface area (Å²) in [5, 5.41) is 4.97. The predicted molar refractivity (Wildman–Crippen MR) is 30.6 cm³/mol. The molecule has 0 radical (unpaired) electrons. The number of carbonyl (C=O) groups is 2. The minimum absolute atomic E-state index is 0.0858. The number of carbonyl (C=O) groups excluding carboxylic acids is 2. The summed E-state index contributed by atoms with van der Waals surface area (Å²) in [6, 6.07) is -0.217. The molecule has 0 unspecified atom stereocenters. The average molecular weight is 128 g/mol. The van der Waals surface area contributed by atoms with Gasteiger partial charge in [0.1, 0.15) is 6.04 Å². The van der Waals surface area contributed by atoms with E-state index in [-0.39, 0.29) is 18.0 Å². The maximum absolute atomic E-state index is 10.5. The predicted octanol–water partition coefficient (Wildman–Crippen LogP) is -1.38. The van der Waals surface area contributed by atoms with Crippen molar-refractivity contribution >= 4 is 12.3 Å². The molecule has 4 heteroatoms. The van der Waals surface area contributed by atoms with Gasteiger partial charge in [-0.1, -0.05) is 0 Å². The van der Waals surface area contributed by atoms with Crippen LogP contribution < -0.4 is 10.6 Å². The molecule has 2 N–H and O–H groups in total. The first-order valence-corrected chi connectivity index (χ1v) is 2.76. The Morgan fingerprint density at radius 3 is 2.67 bits per heavy atom. The van der Waals surface area contributed by atoms with Crippen LogP contribution >= 0.6 is 0 Å². The Morgan fingerprint density at radius 2 is 2.44 bits per heavy atom. The van der Waals surface area contributed by atoms with Crippen molar-refractivity contribution < 1.29 is 9.59 Å². The van der Waals surface area contributed by atoms with Crippen molar-refractivity contribution in [3.8, 4) is 0 Å². The molecule has 4 nitrogen and oxygen atoms in total. The Hall–Kier alpha value is -1.06. The zero-order chi connectivity index (χ0) is 6.85. The molecule has 1 heterocycles. The van der Waals surface area contributed by atoms with Crippen molar-refractivity contribution in [1.82, 2.24) is 10.6 Å². The highest BCUT2D eigenvalue weighted by Gasteiger charge is 2.34. The van der Waals surface area contributed by atoms with Crippen LogP contribution in [0.25, 0.3) is 0 Å². The minimum atomic E-state index is -0.303. The maximum atomic E-state index is 10.5. The van der Waals surface area contributed by atoms with E-state index in [4.69, 9.17) is 0 Å². The SMILES string of the molecule is C[C@@H]1NC(=O)[C@H]1NC=O. The molecule has 0 saturated carbocycles. The highest BCUT2D eigenvalue weighted by Crippen LogP contribution is 2.02. The van der Waals surface area contributed by atoms with Crippen molar-refractivity contribution in [3.63, 3.8) is 0 Å². The fourth-order valence-corrected chi connectivity index (χ4v) is 0.822. The molecular formula is C5H8N2O2. The standard InChI is InChI=1S/C5H8N2O2/c1-3-4(6-2-8)5(9)7-3/h2-4H,1H3,(H,6,8)(H,7,9)/t3-,4-/m0/s1. The lowest BCUT2D eigenvalue weighted by molar-refractivity contribution is -0.133. The highest BCUT2D eigenvalue weighted by atomic mass is 16.2. The van der Waals surface area contributed by atoms with Gasteiger partial charge in [-0.3, -0.25) is 9.59 Å². The van der Waals surface area contributed by atoms with Gasteiger partial charge in [-0.15, -0.1) is 0 Å². The quantitative estimate of drug-likeness (QED) is 0.355. The van der Waals surface area contributed by atoms with Gasteiger partial charge in [0, 0.05) is 0 Å². The molecule has 0 aromatic carbocycles. The Morgan fingerprint density at radius 1 is 1.78 bits per heavy atom. The number of nitrogens with one attached hydrogen (secondary N) is 2. The van der Waals surface area contributed by atoms with Gasteiger partial charge in [0.15, 0.2) is 0 Å². The minimum Gasteiger partial charge on any atom is -0.349 e. The molecule has 2 amide bonds. The van der Waals surface area contributed by atoms with Crippen LogP contribution in [0.1, 0.15) is 6.92 Å². The second-order valence-electron chi connectivity index (χ2n) is 2.06. The largest absolute Gasteiger partial charge is 0.349 e. The monoisotopic (exact) mass is 128 g/mol. The summed E-state index contributed by atoms with van der Waals surface area (Å²) in [6.45, 7) is 1.84. The third-order valence-corrected chi connectivity index (χ3v) is 1.40.